The number of ketones is 1. The summed E-state index contributed by atoms with van der Waals surface area (Å²) in [5.41, 5.74) is -0.794. The number of rotatable bonds is 4. The predicted octanol–water partition coefficient (Wildman–Crippen LogP) is 5.60. The fourth-order valence-electron chi connectivity index (χ4n) is 2.93. The van der Waals surface area contributed by atoms with Crippen LogP contribution in [-0.2, 0) is 12.1 Å². The Morgan fingerprint density at radius 1 is 0.893 bits per heavy atom. The summed E-state index contributed by atoms with van der Waals surface area (Å²) in [5, 5.41) is 0. The third kappa shape index (κ3) is 3.83. The largest absolute Gasteiger partial charge is 0.435 e. The van der Waals surface area contributed by atoms with Gasteiger partial charge in [0, 0.05) is 23.2 Å². The highest BCUT2D eigenvalue weighted by Gasteiger charge is 2.73. The lowest BCUT2D eigenvalue weighted by Gasteiger charge is -2.31. The lowest BCUT2D eigenvalue weighted by Crippen LogP contribution is -2.50. The number of carbonyl (C=O) groups excluding carboxylic acids is 1. The van der Waals surface area contributed by atoms with Crippen molar-refractivity contribution in [2.45, 2.75) is 38.3 Å². The number of benzene rings is 2. The highest BCUT2D eigenvalue weighted by atomic mass is 19.4. The number of Topliss-reactive ketones (excluding diaryl/α,β-unsaturated/α-hetero) is 1. The van der Waals surface area contributed by atoms with E-state index in [4.69, 9.17) is 5.73 Å². The maximum atomic E-state index is 14.3. The van der Waals surface area contributed by atoms with Crippen molar-refractivity contribution in [3.8, 4) is 0 Å². The summed E-state index contributed by atoms with van der Waals surface area (Å²) >= 11 is 0. The van der Waals surface area contributed by atoms with Crippen LogP contribution in [0, 0.1) is 13.8 Å². The molecule has 0 saturated heterocycles. The molecule has 0 aromatic heterocycles. The summed E-state index contributed by atoms with van der Waals surface area (Å²) in [6.45, 7) is 2.46. The van der Waals surface area contributed by atoms with Crippen molar-refractivity contribution in [3.63, 3.8) is 0 Å². The first kappa shape index (κ1) is 21.7. The predicted molar refractivity (Wildman–Crippen MR) is 89.7 cm³/mol. The van der Waals surface area contributed by atoms with Gasteiger partial charge in [-0.05, 0) is 42.7 Å². The Morgan fingerprint density at radius 3 is 1.82 bits per heavy atom. The second-order valence-electron chi connectivity index (χ2n) is 6.47. The summed E-state index contributed by atoms with van der Waals surface area (Å²) in [6.07, 6.45) is -12.7. The molecule has 9 heteroatoms. The van der Waals surface area contributed by atoms with Crippen LogP contribution in [0.3, 0.4) is 0 Å². The number of aryl methyl sites for hydroxylation is 2. The molecule has 0 aliphatic carbocycles. The molecule has 0 bridgehead atoms. The third-order valence-corrected chi connectivity index (χ3v) is 4.42. The SMILES string of the molecule is Cc1cc(C(F)(C(F)(F)F)C(F)(F)F)cc(C)c1CC(=O)c1cccc(N)c1. The molecule has 0 heterocycles. The molecule has 0 radical (unpaired) electrons. The van der Waals surface area contributed by atoms with E-state index in [9.17, 15) is 35.5 Å². The van der Waals surface area contributed by atoms with Gasteiger partial charge in [-0.25, -0.2) is 4.39 Å². The Labute approximate surface area is 156 Å². The zero-order valence-electron chi connectivity index (χ0n) is 14.8. The van der Waals surface area contributed by atoms with Gasteiger partial charge in [-0.1, -0.05) is 24.3 Å². The van der Waals surface area contributed by atoms with Crippen LogP contribution < -0.4 is 5.73 Å². The molecule has 2 N–H and O–H groups in total. The van der Waals surface area contributed by atoms with E-state index >= 15 is 0 Å². The molecule has 2 aromatic carbocycles. The quantitative estimate of drug-likeness (QED) is 0.407. The van der Waals surface area contributed by atoms with Crippen LogP contribution in [0.4, 0.5) is 36.4 Å². The van der Waals surface area contributed by atoms with Crippen LogP contribution in [0.1, 0.15) is 32.6 Å². The summed E-state index contributed by atoms with van der Waals surface area (Å²) in [7, 11) is 0. The maximum Gasteiger partial charge on any atom is 0.435 e. The molecule has 0 spiro atoms. The number of halogens is 7. The Bertz CT molecular complexity index is 863. The van der Waals surface area contributed by atoms with Crippen LogP contribution >= 0.6 is 0 Å². The number of hydrogen-bond acceptors (Lipinski definition) is 2. The minimum atomic E-state index is -6.19. The number of carbonyl (C=O) groups is 1. The lowest BCUT2D eigenvalue weighted by atomic mass is 9.87. The highest BCUT2D eigenvalue weighted by molar-refractivity contribution is 5.98. The van der Waals surface area contributed by atoms with Crippen molar-refractivity contribution >= 4 is 11.5 Å². The van der Waals surface area contributed by atoms with Gasteiger partial charge in [-0.3, -0.25) is 4.79 Å². The van der Waals surface area contributed by atoms with Crippen molar-refractivity contribution in [1.29, 1.82) is 0 Å². The molecule has 0 aliphatic heterocycles. The molecule has 0 fully saturated rings. The second-order valence-corrected chi connectivity index (χ2v) is 6.47. The van der Waals surface area contributed by atoms with E-state index < -0.39 is 29.4 Å². The van der Waals surface area contributed by atoms with Crippen molar-refractivity contribution < 1.29 is 35.5 Å². The zero-order valence-corrected chi connectivity index (χ0v) is 14.8. The fourth-order valence-corrected chi connectivity index (χ4v) is 2.93. The van der Waals surface area contributed by atoms with Crippen LogP contribution in [0.15, 0.2) is 36.4 Å². The van der Waals surface area contributed by atoms with Gasteiger partial charge in [0.2, 0.25) is 0 Å². The Hall–Kier alpha value is -2.58. The topological polar surface area (TPSA) is 43.1 Å². The standard InChI is InChI=1S/C19H16F7NO/c1-10-6-13(17(20,18(21,22)23)19(24,25)26)7-11(2)15(10)9-16(28)12-4-3-5-14(27)8-12/h3-8H,9,27H2,1-2H3. The van der Waals surface area contributed by atoms with Gasteiger partial charge >= 0.3 is 18.0 Å². The van der Waals surface area contributed by atoms with Gasteiger partial charge in [0.25, 0.3) is 0 Å². The van der Waals surface area contributed by atoms with Gasteiger partial charge in [-0.2, -0.15) is 26.3 Å². The number of hydrogen-bond donors (Lipinski definition) is 1. The second kappa shape index (κ2) is 7.10. The van der Waals surface area contributed by atoms with E-state index in [0.717, 1.165) is 0 Å². The molecule has 0 saturated carbocycles. The van der Waals surface area contributed by atoms with Gasteiger partial charge in [-0.15, -0.1) is 0 Å². The molecule has 0 unspecified atom stereocenters. The lowest BCUT2D eigenvalue weighted by molar-refractivity contribution is -0.348. The molecular formula is C19H16F7NO. The van der Waals surface area contributed by atoms with E-state index in [1.54, 1.807) is 6.07 Å². The fraction of sp³-hybridized carbons (Fsp3) is 0.316. The molecule has 2 nitrogen and oxygen atoms in total. The van der Waals surface area contributed by atoms with Gasteiger partial charge in [0.15, 0.2) is 5.78 Å². The van der Waals surface area contributed by atoms with Gasteiger partial charge < -0.3 is 5.73 Å². The summed E-state index contributed by atoms with van der Waals surface area (Å²) < 4.78 is 92.0. The van der Waals surface area contributed by atoms with E-state index in [1.807, 2.05) is 0 Å². The molecule has 2 rings (SSSR count). The average molecular weight is 407 g/mol. The van der Waals surface area contributed by atoms with Crippen LogP contribution in [0.5, 0.6) is 0 Å². The Morgan fingerprint density at radius 2 is 1.39 bits per heavy atom. The first-order valence-electron chi connectivity index (χ1n) is 8.00. The van der Waals surface area contributed by atoms with Crippen LogP contribution in [0.2, 0.25) is 0 Å². The monoisotopic (exact) mass is 407 g/mol. The number of anilines is 1. The summed E-state index contributed by atoms with van der Waals surface area (Å²) in [5.74, 6) is -0.426. The van der Waals surface area contributed by atoms with Crippen molar-refractivity contribution in [2.24, 2.45) is 0 Å². The first-order valence-corrected chi connectivity index (χ1v) is 8.00. The first-order chi connectivity index (χ1) is 12.7. The number of alkyl halides is 7. The van der Waals surface area contributed by atoms with E-state index in [0.29, 0.717) is 17.8 Å². The number of nitrogens with two attached hydrogens (primary N) is 1. The van der Waals surface area contributed by atoms with Crippen molar-refractivity contribution in [1.82, 2.24) is 0 Å². The molecule has 0 amide bonds. The minimum absolute atomic E-state index is 0.0530. The average Bonchev–Trinajstić information content (AvgIpc) is 2.54. The van der Waals surface area contributed by atoms with Gasteiger partial charge in [0.05, 0.1) is 0 Å². The highest BCUT2D eigenvalue weighted by Crippen LogP contribution is 2.53. The smallest absolute Gasteiger partial charge is 0.399 e. The third-order valence-electron chi connectivity index (χ3n) is 4.42. The van der Waals surface area contributed by atoms with Crippen LogP contribution in [-0.4, -0.2) is 18.1 Å². The minimum Gasteiger partial charge on any atom is -0.399 e. The van der Waals surface area contributed by atoms with Crippen LogP contribution in [0.25, 0.3) is 0 Å². The zero-order chi connectivity index (χ0) is 21.5. The summed E-state index contributed by atoms with van der Waals surface area (Å²) in [4.78, 5) is 12.4. The number of nitrogen functional groups attached to an aromatic ring is 1. The van der Waals surface area contributed by atoms with E-state index in [1.165, 1.54) is 32.0 Å². The molecule has 0 aliphatic rings. The molecule has 2 aromatic rings. The van der Waals surface area contributed by atoms with E-state index in [2.05, 4.69) is 0 Å². The van der Waals surface area contributed by atoms with Crippen molar-refractivity contribution in [3.05, 3.63) is 64.2 Å². The Balaban J connectivity index is 2.49. The normalized spacial score (nSPS) is 12.9. The molecule has 28 heavy (non-hydrogen) atoms. The molecule has 0 atom stereocenters. The Kier molecular flexibility index (Phi) is 5.51. The van der Waals surface area contributed by atoms with Crippen molar-refractivity contribution in [2.75, 3.05) is 5.73 Å². The van der Waals surface area contributed by atoms with Gasteiger partial charge in [0.1, 0.15) is 0 Å². The molecular weight excluding hydrogens is 391 g/mol. The maximum absolute atomic E-state index is 14.3. The molecule has 152 valence electrons. The summed E-state index contributed by atoms with van der Waals surface area (Å²) in [6, 6.07) is 6.94. The van der Waals surface area contributed by atoms with E-state index in [-0.39, 0.29) is 28.7 Å².